The molecule has 57 heavy (non-hydrogen) atoms. The van der Waals surface area contributed by atoms with Crippen LogP contribution in [0.4, 0.5) is 18.0 Å². The smallest absolute Gasteiger partial charge is 0.408 e. The van der Waals surface area contributed by atoms with Crippen molar-refractivity contribution in [3.05, 3.63) is 29.7 Å². The number of sulfonamides is 1. The van der Waals surface area contributed by atoms with Crippen molar-refractivity contribution < 1.29 is 50.2 Å². The zero-order valence-electron chi connectivity index (χ0n) is 32.6. The zero-order chi connectivity index (χ0) is 41.0. The van der Waals surface area contributed by atoms with Crippen molar-refractivity contribution in [3.8, 4) is 5.88 Å². The molecule has 0 radical (unpaired) electrons. The van der Waals surface area contributed by atoms with Crippen LogP contribution < -0.4 is 20.1 Å². The number of nitrogens with zero attached hydrogens (tertiary/aromatic N) is 3. The number of aromatic nitrogens is 2. The van der Waals surface area contributed by atoms with Gasteiger partial charge in [-0.25, -0.2) is 36.4 Å². The molecule has 312 valence electrons. The maximum atomic E-state index is 14.7. The van der Waals surface area contributed by atoms with Crippen LogP contribution in [-0.2, 0) is 35.6 Å². The van der Waals surface area contributed by atoms with E-state index < -0.39 is 92.8 Å². The van der Waals surface area contributed by atoms with Crippen LogP contribution in [0.5, 0.6) is 5.88 Å². The van der Waals surface area contributed by atoms with Crippen LogP contribution in [0.2, 0.25) is 0 Å². The van der Waals surface area contributed by atoms with E-state index in [1.165, 1.54) is 23.1 Å². The number of nitrogens with one attached hydrogen (secondary N) is 3. The van der Waals surface area contributed by atoms with Gasteiger partial charge in [-0.3, -0.25) is 19.1 Å². The molecule has 7 rings (SSSR count). The lowest BCUT2D eigenvalue weighted by Gasteiger charge is -2.35. The summed E-state index contributed by atoms with van der Waals surface area (Å²) in [6.07, 6.45) is 0.0427. The number of carbonyl (C=O) groups is 4. The molecule has 4 fully saturated rings. The van der Waals surface area contributed by atoms with Gasteiger partial charge in [0, 0.05) is 12.5 Å². The predicted molar refractivity (Wildman–Crippen MR) is 200 cm³/mol. The minimum Gasteiger partial charge on any atom is -0.471 e. The van der Waals surface area contributed by atoms with Gasteiger partial charge in [0.1, 0.15) is 41.3 Å². The van der Waals surface area contributed by atoms with Crippen molar-refractivity contribution in [3.63, 3.8) is 0 Å². The molecule has 1 unspecified atom stereocenters. The molecule has 14 nitrogen and oxygen atoms in total. The molecule has 2 bridgehead atoms. The minimum absolute atomic E-state index is 0.0901. The fourth-order valence-electron chi connectivity index (χ4n) is 8.67. The van der Waals surface area contributed by atoms with Gasteiger partial charge in [-0.15, -0.1) is 0 Å². The first-order chi connectivity index (χ1) is 26.9. The lowest BCUT2D eigenvalue weighted by Crippen LogP contribution is -2.60. The Morgan fingerprint density at radius 3 is 2.46 bits per heavy atom. The third-order valence-electron chi connectivity index (χ3n) is 12.3. The van der Waals surface area contributed by atoms with E-state index in [-0.39, 0.29) is 36.4 Å². The summed E-state index contributed by atoms with van der Waals surface area (Å²) in [5, 5.41) is 4.34. The number of rotatable bonds is 6. The summed E-state index contributed by atoms with van der Waals surface area (Å²) < 4.78 is 82.3. The van der Waals surface area contributed by atoms with Gasteiger partial charge in [0.25, 0.3) is 5.91 Å². The second-order valence-corrected chi connectivity index (χ2v) is 19.5. The third-order valence-corrected chi connectivity index (χ3v) is 14.1. The van der Waals surface area contributed by atoms with E-state index in [2.05, 4.69) is 22.5 Å². The average Bonchev–Trinajstić information content (AvgIpc) is 4.04. The summed E-state index contributed by atoms with van der Waals surface area (Å²) in [5.41, 5.74) is -1.98. The first-order valence-corrected chi connectivity index (χ1v) is 21.5. The quantitative estimate of drug-likeness (QED) is 0.374. The third kappa shape index (κ3) is 8.65. The molecule has 4 amide bonds. The Morgan fingerprint density at radius 2 is 1.77 bits per heavy atom. The van der Waals surface area contributed by atoms with Crippen molar-refractivity contribution in [1.29, 1.82) is 0 Å². The number of carbonyl (C=O) groups excluding carboxylic acids is 4. The molecule has 18 heteroatoms. The minimum atomic E-state index is -4.15. The van der Waals surface area contributed by atoms with E-state index in [0.717, 1.165) is 25.7 Å². The number of halogens is 3. The van der Waals surface area contributed by atoms with Gasteiger partial charge in [-0.2, -0.15) is 0 Å². The first kappa shape index (κ1) is 41.0. The topological polar surface area (TPSA) is 186 Å². The SMILES string of the molecule is C[C@H]1CC[C@H]2OC(=O)N[C@@H](C(C)(C)C)C(=O)N3C[C@@H](C[C@H]3C(=O)N[C@]3(C(=O)NS(=O)(=O)C4CC4)CC3C(F)F)Oc3nc4cc(F)ccc4nc3CCCCC[C@H]12. The summed E-state index contributed by atoms with van der Waals surface area (Å²) in [7, 11) is -4.15. The van der Waals surface area contributed by atoms with Gasteiger partial charge >= 0.3 is 6.09 Å². The number of hydrogen-bond donors (Lipinski definition) is 3. The molecular formula is C39H51F3N6O8S. The van der Waals surface area contributed by atoms with Crippen molar-refractivity contribution >= 4 is 44.9 Å². The molecule has 1 aromatic heterocycles. The highest BCUT2D eigenvalue weighted by Gasteiger charge is 2.67. The number of benzene rings is 1. The van der Waals surface area contributed by atoms with Crippen molar-refractivity contribution in [2.75, 3.05) is 6.54 Å². The molecule has 8 atom stereocenters. The Morgan fingerprint density at radius 1 is 1.02 bits per heavy atom. The van der Waals surface area contributed by atoms with E-state index >= 15 is 0 Å². The highest BCUT2D eigenvalue weighted by atomic mass is 32.2. The Kier molecular flexibility index (Phi) is 11.1. The molecule has 0 spiro atoms. The standard InChI is InChI=1S/C39H51F3N6O8S/c1-20-10-15-30-24(20)8-6-5-7-9-27-34(44-28-16-21(40)11-14-26(28)43-27)55-22-17-29(48(19-22)35(50)31(38(2,3)4)45-37(52)56-30)33(49)46-39(18-25(39)32(41)42)36(51)47-57(53,54)23-12-13-23/h11,14,16,20,22-25,29-32H,5-10,12-13,15,17-19H2,1-4H3,(H,45,52)(H,46,49)(H,47,51)/t20-,22+,24+,25?,29-,30+,31+,39+/m0/s1. The Balaban J connectivity index is 1.23. The number of hydrogen-bond acceptors (Lipinski definition) is 10. The van der Waals surface area contributed by atoms with Crippen LogP contribution in [0.3, 0.4) is 0 Å². The predicted octanol–water partition coefficient (Wildman–Crippen LogP) is 4.54. The summed E-state index contributed by atoms with van der Waals surface area (Å²) >= 11 is 0. The number of fused-ring (bicyclic) bond motifs is 5. The second-order valence-electron chi connectivity index (χ2n) is 17.6. The van der Waals surface area contributed by atoms with Gasteiger partial charge < -0.3 is 25.0 Å². The molecule has 1 aromatic carbocycles. The lowest BCUT2D eigenvalue weighted by atomic mass is 9.85. The normalized spacial score (nSPS) is 31.3. The first-order valence-electron chi connectivity index (χ1n) is 19.9. The summed E-state index contributed by atoms with van der Waals surface area (Å²) in [6.45, 7) is 7.10. The van der Waals surface area contributed by atoms with Crippen LogP contribution in [-0.4, -0.2) is 95.2 Å². The number of alkyl carbamates (subject to hydrolysis) is 1. The maximum Gasteiger partial charge on any atom is 0.408 e. The van der Waals surface area contributed by atoms with Crippen LogP contribution >= 0.6 is 0 Å². The van der Waals surface area contributed by atoms with Crippen molar-refractivity contribution in [2.24, 2.45) is 23.2 Å². The van der Waals surface area contributed by atoms with Crippen LogP contribution in [0, 0.1) is 29.0 Å². The van der Waals surface area contributed by atoms with E-state index in [0.29, 0.717) is 49.2 Å². The Labute approximate surface area is 329 Å². The van der Waals surface area contributed by atoms with Crippen molar-refractivity contribution in [2.45, 2.75) is 140 Å². The largest absolute Gasteiger partial charge is 0.471 e. The fourth-order valence-corrected chi connectivity index (χ4v) is 10.0. The molecule has 3 aliphatic carbocycles. The van der Waals surface area contributed by atoms with E-state index in [1.54, 1.807) is 20.8 Å². The molecular weight excluding hydrogens is 770 g/mol. The highest BCUT2D eigenvalue weighted by molar-refractivity contribution is 7.91. The average molecular weight is 821 g/mol. The highest BCUT2D eigenvalue weighted by Crippen LogP contribution is 2.48. The van der Waals surface area contributed by atoms with Gasteiger partial charge in [0.2, 0.25) is 34.1 Å². The lowest BCUT2D eigenvalue weighted by molar-refractivity contribution is -0.143. The number of aryl methyl sites for hydroxylation is 1. The van der Waals surface area contributed by atoms with Gasteiger partial charge in [0.05, 0.1) is 28.7 Å². The molecule has 3 N–H and O–H groups in total. The van der Waals surface area contributed by atoms with E-state index in [1.807, 2.05) is 4.72 Å². The van der Waals surface area contributed by atoms with E-state index in [9.17, 15) is 40.8 Å². The number of ether oxygens (including phenoxy) is 2. The monoisotopic (exact) mass is 820 g/mol. The van der Waals surface area contributed by atoms with Gasteiger partial charge in [-0.1, -0.05) is 40.5 Å². The number of amides is 4. The molecule has 2 aromatic rings. The summed E-state index contributed by atoms with van der Waals surface area (Å²) in [4.78, 5) is 66.5. The Bertz CT molecular complexity index is 2030. The molecule has 5 aliphatic rings. The van der Waals surface area contributed by atoms with E-state index in [4.69, 9.17) is 14.5 Å². The summed E-state index contributed by atoms with van der Waals surface area (Å²) in [5.74, 6) is -4.62. The molecule has 3 heterocycles. The van der Waals surface area contributed by atoms with Crippen molar-refractivity contribution in [1.82, 2.24) is 30.2 Å². The molecule has 3 saturated carbocycles. The van der Waals surface area contributed by atoms with Crippen LogP contribution in [0.15, 0.2) is 18.2 Å². The van der Waals surface area contributed by atoms with Crippen LogP contribution in [0.25, 0.3) is 11.0 Å². The number of alkyl halides is 2. The second kappa shape index (κ2) is 15.5. The van der Waals surface area contributed by atoms with Gasteiger partial charge in [0.15, 0.2) is 0 Å². The fraction of sp³-hybridized carbons (Fsp3) is 0.692. The molecule has 1 saturated heterocycles. The Hall–Kier alpha value is -4.22. The molecule has 2 aliphatic heterocycles. The van der Waals surface area contributed by atoms with Gasteiger partial charge in [-0.05, 0) is 80.8 Å². The zero-order valence-corrected chi connectivity index (χ0v) is 33.4. The summed E-state index contributed by atoms with van der Waals surface area (Å²) in [6, 6.07) is 1.39. The van der Waals surface area contributed by atoms with Crippen LogP contribution in [0.1, 0.15) is 97.6 Å². The maximum absolute atomic E-state index is 14.7.